The second-order valence-corrected chi connectivity index (χ2v) is 6.31. The highest BCUT2D eigenvalue weighted by Gasteiger charge is 2.36. The predicted octanol–water partition coefficient (Wildman–Crippen LogP) is 3.26. The SMILES string of the molecule is COc1cc(OC)c([C@@H]2CC(=O)Oc3c2c(=O)oc2ccccc32)cc1OC. The summed E-state index contributed by atoms with van der Waals surface area (Å²) >= 11 is 0. The first-order chi connectivity index (χ1) is 13.6. The molecule has 0 N–H and O–H groups in total. The molecule has 0 spiro atoms. The predicted molar refractivity (Wildman–Crippen MR) is 101 cm³/mol. The smallest absolute Gasteiger partial charge is 0.343 e. The van der Waals surface area contributed by atoms with Crippen LogP contribution in [0.2, 0.25) is 0 Å². The van der Waals surface area contributed by atoms with Gasteiger partial charge in [0.1, 0.15) is 11.3 Å². The number of methoxy groups -OCH3 is 3. The Bertz CT molecular complexity index is 1130. The minimum atomic E-state index is -0.605. The van der Waals surface area contributed by atoms with Crippen LogP contribution in [0.25, 0.3) is 11.0 Å². The highest BCUT2D eigenvalue weighted by molar-refractivity contribution is 5.90. The maximum atomic E-state index is 12.8. The van der Waals surface area contributed by atoms with Crippen LogP contribution in [0.1, 0.15) is 23.5 Å². The van der Waals surface area contributed by atoms with E-state index >= 15 is 0 Å². The van der Waals surface area contributed by atoms with Crippen LogP contribution in [0.4, 0.5) is 0 Å². The number of carbonyl (C=O) groups is 1. The van der Waals surface area contributed by atoms with Gasteiger partial charge in [-0.05, 0) is 18.2 Å². The lowest BCUT2D eigenvalue weighted by Crippen LogP contribution is -2.27. The van der Waals surface area contributed by atoms with Gasteiger partial charge in [-0.25, -0.2) is 4.79 Å². The van der Waals surface area contributed by atoms with E-state index in [1.165, 1.54) is 21.3 Å². The van der Waals surface area contributed by atoms with Gasteiger partial charge < -0.3 is 23.4 Å². The zero-order valence-electron chi connectivity index (χ0n) is 15.6. The standard InChI is InChI=1S/C21H18O7/c1-24-15-10-17(26-3)16(25-2)8-12(15)13-9-18(22)28-20-11-6-4-5-7-14(11)27-21(23)19(13)20/h4-8,10,13H,9H2,1-3H3/t13-/m0/s1. The average molecular weight is 382 g/mol. The number of hydrogen-bond donors (Lipinski definition) is 0. The van der Waals surface area contributed by atoms with Gasteiger partial charge in [0.15, 0.2) is 17.2 Å². The molecular formula is C21H18O7. The topological polar surface area (TPSA) is 84.2 Å². The first-order valence-corrected chi connectivity index (χ1v) is 8.63. The maximum absolute atomic E-state index is 12.8. The number of benzene rings is 2. The molecule has 0 amide bonds. The molecular weight excluding hydrogens is 364 g/mol. The van der Waals surface area contributed by atoms with Gasteiger partial charge in [-0.2, -0.15) is 0 Å². The number of fused-ring (bicyclic) bond motifs is 3. The molecule has 28 heavy (non-hydrogen) atoms. The zero-order chi connectivity index (χ0) is 19.8. The van der Waals surface area contributed by atoms with Gasteiger partial charge in [-0.1, -0.05) is 12.1 Å². The van der Waals surface area contributed by atoms with Crippen LogP contribution < -0.4 is 24.6 Å². The van der Waals surface area contributed by atoms with Gasteiger partial charge in [-0.15, -0.1) is 0 Å². The van der Waals surface area contributed by atoms with E-state index in [4.69, 9.17) is 23.4 Å². The number of esters is 1. The number of para-hydroxylation sites is 1. The van der Waals surface area contributed by atoms with Crippen molar-refractivity contribution in [1.29, 1.82) is 0 Å². The van der Waals surface area contributed by atoms with Crippen LogP contribution in [0.15, 0.2) is 45.6 Å². The molecule has 0 saturated carbocycles. The molecule has 3 aromatic rings. The highest BCUT2D eigenvalue weighted by atomic mass is 16.5. The quantitative estimate of drug-likeness (QED) is 0.506. The minimum absolute atomic E-state index is 0.0258. The lowest BCUT2D eigenvalue weighted by Gasteiger charge is -2.26. The number of rotatable bonds is 4. The van der Waals surface area contributed by atoms with Crippen molar-refractivity contribution < 1.29 is 28.2 Å². The molecule has 0 bridgehead atoms. The summed E-state index contributed by atoms with van der Waals surface area (Å²) in [5.74, 6) is 0.592. The van der Waals surface area contributed by atoms with Crippen molar-refractivity contribution in [2.45, 2.75) is 12.3 Å². The third-order valence-electron chi connectivity index (χ3n) is 4.85. The summed E-state index contributed by atoms with van der Waals surface area (Å²) in [6, 6.07) is 10.3. The molecule has 7 heteroatoms. The zero-order valence-corrected chi connectivity index (χ0v) is 15.6. The van der Waals surface area contributed by atoms with E-state index in [9.17, 15) is 9.59 Å². The third kappa shape index (κ3) is 2.76. The Labute approximate surface area is 160 Å². The van der Waals surface area contributed by atoms with Crippen LogP contribution in [-0.4, -0.2) is 27.3 Å². The summed E-state index contributed by atoms with van der Waals surface area (Å²) < 4.78 is 27.1. The lowest BCUT2D eigenvalue weighted by molar-refractivity contribution is -0.135. The Kier molecular flexibility index (Phi) is 4.43. The summed E-state index contributed by atoms with van der Waals surface area (Å²) in [7, 11) is 4.54. The summed E-state index contributed by atoms with van der Waals surface area (Å²) in [6.07, 6.45) is -0.0258. The molecule has 7 nitrogen and oxygen atoms in total. The van der Waals surface area contributed by atoms with Crippen molar-refractivity contribution in [2.24, 2.45) is 0 Å². The molecule has 144 valence electrons. The van der Waals surface area contributed by atoms with Gasteiger partial charge >= 0.3 is 11.6 Å². The van der Waals surface area contributed by atoms with E-state index in [-0.39, 0.29) is 17.7 Å². The Morgan fingerprint density at radius 1 is 0.929 bits per heavy atom. The van der Waals surface area contributed by atoms with Gasteiger partial charge in [0.2, 0.25) is 0 Å². The first-order valence-electron chi connectivity index (χ1n) is 8.63. The van der Waals surface area contributed by atoms with E-state index in [1.54, 1.807) is 36.4 Å². The molecule has 0 aliphatic carbocycles. The van der Waals surface area contributed by atoms with Gasteiger partial charge in [0.05, 0.1) is 38.7 Å². The van der Waals surface area contributed by atoms with Crippen molar-refractivity contribution in [2.75, 3.05) is 21.3 Å². The molecule has 0 saturated heterocycles. The molecule has 1 aromatic heterocycles. The fourth-order valence-corrected chi connectivity index (χ4v) is 3.56. The molecule has 1 aliphatic rings. The average Bonchev–Trinajstić information content (AvgIpc) is 2.72. The van der Waals surface area contributed by atoms with Crippen molar-refractivity contribution in [3.05, 3.63) is 57.9 Å². The van der Waals surface area contributed by atoms with Crippen LogP contribution in [0.5, 0.6) is 23.0 Å². The van der Waals surface area contributed by atoms with Gasteiger partial charge in [-0.3, -0.25) is 4.79 Å². The van der Waals surface area contributed by atoms with Crippen LogP contribution in [0.3, 0.4) is 0 Å². The largest absolute Gasteiger partial charge is 0.496 e. The molecule has 1 aliphatic heterocycles. The summed E-state index contributed by atoms with van der Waals surface area (Å²) in [4.78, 5) is 25.2. The Hall–Kier alpha value is -3.48. The lowest BCUT2D eigenvalue weighted by atomic mass is 9.86. The molecule has 2 aromatic carbocycles. The van der Waals surface area contributed by atoms with Gasteiger partial charge in [0, 0.05) is 17.5 Å². The molecule has 0 radical (unpaired) electrons. The van der Waals surface area contributed by atoms with E-state index in [1.807, 2.05) is 0 Å². The van der Waals surface area contributed by atoms with Crippen LogP contribution in [-0.2, 0) is 4.79 Å². The van der Waals surface area contributed by atoms with Crippen molar-refractivity contribution in [1.82, 2.24) is 0 Å². The van der Waals surface area contributed by atoms with E-state index in [0.717, 1.165) is 0 Å². The molecule has 0 unspecified atom stereocenters. The van der Waals surface area contributed by atoms with Crippen molar-refractivity contribution in [3.8, 4) is 23.0 Å². The number of ether oxygens (including phenoxy) is 4. The Morgan fingerprint density at radius 3 is 2.32 bits per heavy atom. The Balaban J connectivity index is 2.00. The van der Waals surface area contributed by atoms with Crippen molar-refractivity contribution in [3.63, 3.8) is 0 Å². The summed E-state index contributed by atoms with van der Waals surface area (Å²) in [6.45, 7) is 0. The van der Waals surface area contributed by atoms with Crippen molar-refractivity contribution >= 4 is 16.9 Å². The summed E-state index contributed by atoms with van der Waals surface area (Å²) in [5.41, 5.74) is 0.700. The first kappa shape index (κ1) is 17.9. The van der Waals surface area contributed by atoms with Gasteiger partial charge in [0.25, 0.3) is 0 Å². The fraction of sp³-hybridized carbons (Fsp3) is 0.238. The van der Waals surface area contributed by atoms with E-state index < -0.39 is 17.5 Å². The van der Waals surface area contributed by atoms with Crippen LogP contribution in [0, 0.1) is 0 Å². The fourth-order valence-electron chi connectivity index (χ4n) is 3.56. The second kappa shape index (κ2) is 6.92. The van der Waals surface area contributed by atoms with Crippen LogP contribution >= 0.6 is 0 Å². The number of carbonyl (C=O) groups excluding carboxylic acids is 1. The Morgan fingerprint density at radius 2 is 1.61 bits per heavy atom. The monoisotopic (exact) mass is 382 g/mol. The molecule has 0 fully saturated rings. The summed E-state index contributed by atoms with van der Waals surface area (Å²) in [5, 5.41) is 0.564. The molecule has 2 heterocycles. The molecule has 1 atom stereocenters. The molecule has 4 rings (SSSR count). The van der Waals surface area contributed by atoms with E-state index in [0.29, 0.717) is 33.8 Å². The third-order valence-corrected chi connectivity index (χ3v) is 4.85. The minimum Gasteiger partial charge on any atom is -0.496 e. The highest BCUT2D eigenvalue weighted by Crippen LogP contribution is 2.46. The maximum Gasteiger partial charge on any atom is 0.343 e. The normalized spacial score (nSPS) is 15.7. The second-order valence-electron chi connectivity index (χ2n) is 6.31. The number of hydrogen-bond acceptors (Lipinski definition) is 7. The van der Waals surface area contributed by atoms with E-state index in [2.05, 4.69) is 0 Å².